The van der Waals surface area contributed by atoms with Gasteiger partial charge in [-0.15, -0.1) is 0 Å². The zero-order chi connectivity index (χ0) is 10.3. The first-order valence-corrected chi connectivity index (χ1v) is 4.61. The van der Waals surface area contributed by atoms with Crippen LogP contribution in [-0.2, 0) is 6.42 Å². The predicted molar refractivity (Wildman–Crippen MR) is 51.4 cm³/mol. The molecule has 0 amide bonds. The van der Waals surface area contributed by atoms with Crippen LogP contribution in [0.1, 0.15) is 28.8 Å². The topological polar surface area (TPSA) is 50.4 Å². The lowest BCUT2D eigenvalue weighted by Crippen LogP contribution is -2.20. The molecular formula is C11H12O3. The van der Waals surface area contributed by atoms with E-state index in [1.807, 2.05) is 13.8 Å². The maximum Gasteiger partial charge on any atom is 0.195 e. The van der Waals surface area contributed by atoms with Crippen molar-refractivity contribution in [2.24, 2.45) is 5.92 Å². The van der Waals surface area contributed by atoms with E-state index in [9.17, 15) is 4.79 Å². The molecule has 1 atom stereocenters. The average Bonchev–Trinajstić information content (AvgIpc) is 2.47. The summed E-state index contributed by atoms with van der Waals surface area (Å²) < 4.78 is 5.41. The van der Waals surface area contributed by atoms with Gasteiger partial charge in [-0.25, -0.2) is 0 Å². The summed E-state index contributed by atoms with van der Waals surface area (Å²) in [6, 6.07) is 1.73. The molecular weight excluding hydrogens is 180 g/mol. The SMILES string of the molecule is Cc1cc2c(o1)CC(C)C(=CO)C2=O. The minimum atomic E-state index is -0.113. The number of aliphatic hydroxyl groups excluding tert-OH is 1. The zero-order valence-corrected chi connectivity index (χ0v) is 8.20. The van der Waals surface area contributed by atoms with Crippen LogP contribution < -0.4 is 0 Å². The summed E-state index contributed by atoms with van der Waals surface area (Å²) in [5.41, 5.74) is 1.07. The lowest BCUT2D eigenvalue weighted by Gasteiger charge is -2.18. The summed E-state index contributed by atoms with van der Waals surface area (Å²) in [5.74, 6) is 1.41. The van der Waals surface area contributed by atoms with Gasteiger partial charge in [-0.2, -0.15) is 0 Å². The van der Waals surface area contributed by atoms with Crippen LogP contribution in [0.2, 0.25) is 0 Å². The summed E-state index contributed by atoms with van der Waals surface area (Å²) in [6.45, 7) is 3.72. The first-order valence-electron chi connectivity index (χ1n) is 4.61. The Labute approximate surface area is 82.0 Å². The van der Waals surface area contributed by atoms with Crippen LogP contribution in [-0.4, -0.2) is 10.9 Å². The molecule has 0 saturated heterocycles. The number of furan rings is 1. The van der Waals surface area contributed by atoms with Gasteiger partial charge >= 0.3 is 0 Å². The summed E-state index contributed by atoms with van der Waals surface area (Å²) in [6.07, 6.45) is 1.60. The van der Waals surface area contributed by atoms with Gasteiger partial charge in [-0.05, 0) is 18.9 Å². The fourth-order valence-corrected chi connectivity index (χ4v) is 1.86. The third kappa shape index (κ3) is 1.16. The molecule has 0 bridgehead atoms. The van der Waals surface area contributed by atoms with E-state index in [1.54, 1.807) is 6.07 Å². The number of rotatable bonds is 0. The molecule has 2 rings (SSSR count). The smallest absolute Gasteiger partial charge is 0.195 e. The van der Waals surface area contributed by atoms with Crippen LogP contribution >= 0.6 is 0 Å². The highest BCUT2D eigenvalue weighted by molar-refractivity contribution is 6.10. The number of hydrogen-bond donors (Lipinski definition) is 1. The lowest BCUT2D eigenvalue weighted by atomic mass is 9.84. The van der Waals surface area contributed by atoms with Crippen molar-refractivity contribution in [3.8, 4) is 0 Å². The van der Waals surface area contributed by atoms with E-state index in [2.05, 4.69) is 0 Å². The Hall–Kier alpha value is -1.51. The molecule has 3 nitrogen and oxygen atoms in total. The molecule has 0 spiro atoms. The molecule has 3 heteroatoms. The van der Waals surface area contributed by atoms with Gasteiger partial charge < -0.3 is 9.52 Å². The van der Waals surface area contributed by atoms with Crippen molar-refractivity contribution in [2.45, 2.75) is 20.3 Å². The normalized spacial score (nSPS) is 24.0. The van der Waals surface area contributed by atoms with Crippen LogP contribution in [0.15, 0.2) is 22.3 Å². The van der Waals surface area contributed by atoms with Gasteiger partial charge in [0.05, 0.1) is 11.8 Å². The second-order valence-electron chi connectivity index (χ2n) is 3.71. The van der Waals surface area contributed by atoms with Crippen LogP contribution in [0.5, 0.6) is 0 Å². The van der Waals surface area contributed by atoms with Crippen molar-refractivity contribution in [1.29, 1.82) is 0 Å². The number of fused-ring (bicyclic) bond motifs is 1. The average molecular weight is 192 g/mol. The van der Waals surface area contributed by atoms with Gasteiger partial charge in [0.1, 0.15) is 11.5 Å². The number of aryl methyl sites for hydroxylation is 1. The van der Waals surface area contributed by atoms with E-state index in [0.717, 1.165) is 17.8 Å². The second kappa shape index (κ2) is 3.01. The van der Waals surface area contributed by atoms with E-state index in [1.165, 1.54) is 0 Å². The van der Waals surface area contributed by atoms with E-state index >= 15 is 0 Å². The Morgan fingerprint density at radius 1 is 1.64 bits per heavy atom. The molecule has 0 aromatic carbocycles. The number of allylic oxidation sites excluding steroid dienone is 1. The van der Waals surface area contributed by atoms with Crippen molar-refractivity contribution in [3.05, 3.63) is 35.0 Å². The summed E-state index contributed by atoms with van der Waals surface area (Å²) >= 11 is 0. The standard InChI is InChI=1S/C11H12O3/c1-6-3-10-8(4-7(2)14-10)11(13)9(6)5-12/h4-6,12H,3H2,1-2H3. The second-order valence-corrected chi connectivity index (χ2v) is 3.71. The first kappa shape index (κ1) is 9.06. The fraction of sp³-hybridized carbons (Fsp3) is 0.364. The molecule has 0 saturated carbocycles. The molecule has 1 aliphatic rings. The molecule has 14 heavy (non-hydrogen) atoms. The Morgan fingerprint density at radius 3 is 3.00 bits per heavy atom. The highest BCUT2D eigenvalue weighted by Crippen LogP contribution is 2.31. The highest BCUT2D eigenvalue weighted by atomic mass is 16.3. The molecule has 1 heterocycles. The van der Waals surface area contributed by atoms with Crippen molar-refractivity contribution in [3.63, 3.8) is 0 Å². The van der Waals surface area contributed by atoms with Crippen LogP contribution in [0, 0.1) is 12.8 Å². The van der Waals surface area contributed by atoms with Crippen molar-refractivity contribution in [1.82, 2.24) is 0 Å². The molecule has 1 unspecified atom stereocenters. The highest BCUT2D eigenvalue weighted by Gasteiger charge is 2.30. The quantitative estimate of drug-likeness (QED) is 0.507. The minimum Gasteiger partial charge on any atom is -0.515 e. The molecule has 1 N–H and O–H groups in total. The Morgan fingerprint density at radius 2 is 2.36 bits per heavy atom. The minimum absolute atomic E-state index is 0.0329. The van der Waals surface area contributed by atoms with Gasteiger partial charge in [-0.3, -0.25) is 4.79 Å². The van der Waals surface area contributed by atoms with Crippen LogP contribution in [0.25, 0.3) is 0 Å². The van der Waals surface area contributed by atoms with Crippen molar-refractivity contribution < 1.29 is 14.3 Å². The number of ketones is 1. The van der Waals surface area contributed by atoms with Crippen molar-refractivity contribution in [2.75, 3.05) is 0 Å². The van der Waals surface area contributed by atoms with Crippen molar-refractivity contribution >= 4 is 5.78 Å². The zero-order valence-electron chi connectivity index (χ0n) is 8.20. The maximum atomic E-state index is 11.8. The van der Waals surface area contributed by atoms with Gasteiger partial charge in [0, 0.05) is 12.0 Å². The molecule has 0 radical (unpaired) electrons. The molecule has 1 aromatic rings. The number of carbonyl (C=O) groups excluding carboxylic acids is 1. The largest absolute Gasteiger partial charge is 0.515 e. The Bertz CT molecular complexity index is 412. The van der Waals surface area contributed by atoms with E-state index < -0.39 is 0 Å². The van der Waals surface area contributed by atoms with E-state index in [-0.39, 0.29) is 11.7 Å². The summed E-state index contributed by atoms with van der Waals surface area (Å²) in [7, 11) is 0. The summed E-state index contributed by atoms with van der Waals surface area (Å²) in [5, 5.41) is 8.95. The first-order chi connectivity index (χ1) is 6.63. The molecule has 0 aliphatic heterocycles. The molecule has 1 aromatic heterocycles. The van der Waals surface area contributed by atoms with E-state index in [0.29, 0.717) is 17.6 Å². The number of Topliss-reactive ketones (excluding diaryl/α,β-unsaturated/α-hetero) is 1. The number of carbonyl (C=O) groups is 1. The molecule has 0 fully saturated rings. The molecule has 74 valence electrons. The van der Waals surface area contributed by atoms with Crippen LogP contribution in [0.3, 0.4) is 0 Å². The molecule has 1 aliphatic carbocycles. The lowest BCUT2D eigenvalue weighted by molar-refractivity contribution is 0.101. The van der Waals surface area contributed by atoms with Crippen LogP contribution in [0.4, 0.5) is 0 Å². The monoisotopic (exact) mass is 192 g/mol. The number of aliphatic hydroxyl groups is 1. The van der Waals surface area contributed by atoms with Gasteiger partial charge in [0.2, 0.25) is 0 Å². The van der Waals surface area contributed by atoms with Gasteiger partial charge in [0.25, 0.3) is 0 Å². The predicted octanol–water partition coefficient (Wildman–Crippen LogP) is 2.40. The van der Waals surface area contributed by atoms with E-state index in [4.69, 9.17) is 9.52 Å². The fourth-order valence-electron chi connectivity index (χ4n) is 1.86. The summed E-state index contributed by atoms with van der Waals surface area (Å²) in [4.78, 5) is 11.8. The number of hydrogen-bond acceptors (Lipinski definition) is 3. The Kier molecular flexibility index (Phi) is 1.95. The Balaban J connectivity index is 2.53. The maximum absolute atomic E-state index is 11.8. The van der Waals surface area contributed by atoms with Gasteiger partial charge in [-0.1, -0.05) is 6.92 Å². The van der Waals surface area contributed by atoms with Gasteiger partial charge in [0.15, 0.2) is 5.78 Å². The third-order valence-corrected chi connectivity index (χ3v) is 2.60. The third-order valence-electron chi connectivity index (χ3n) is 2.60.